The van der Waals surface area contributed by atoms with Crippen molar-refractivity contribution in [1.29, 1.82) is 5.26 Å². The van der Waals surface area contributed by atoms with Crippen LogP contribution in [0.5, 0.6) is 5.75 Å². The highest BCUT2D eigenvalue weighted by Crippen LogP contribution is 2.28. The number of nitrogens with zero attached hydrogens (tertiary/aromatic N) is 3. The summed E-state index contributed by atoms with van der Waals surface area (Å²) in [7, 11) is -4.38. The summed E-state index contributed by atoms with van der Waals surface area (Å²) < 4.78 is 29.8. The lowest BCUT2D eigenvalue weighted by molar-refractivity contribution is -0.387. The highest BCUT2D eigenvalue weighted by molar-refractivity contribution is 7.87. The lowest BCUT2D eigenvalue weighted by Gasteiger charge is -2.08. The van der Waals surface area contributed by atoms with Crippen LogP contribution in [-0.2, 0) is 10.1 Å². The monoisotopic (exact) mass is 355 g/mol. The van der Waals surface area contributed by atoms with Crippen LogP contribution in [0.15, 0.2) is 59.5 Å². The molecule has 0 aliphatic carbocycles. The van der Waals surface area contributed by atoms with Gasteiger partial charge in [-0.2, -0.15) is 13.7 Å². The summed E-state index contributed by atoms with van der Waals surface area (Å²) in [4.78, 5) is 13.8. The summed E-state index contributed by atoms with van der Waals surface area (Å²) in [5, 5.41) is 20.4. The molecule has 0 bridgehead atoms. The third kappa shape index (κ3) is 3.24. The van der Waals surface area contributed by atoms with E-state index in [0.29, 0.717) is 10.9 Å². The Balaban J connectivity index is 2.00. The molecule has 9 heteroatoms. The number of para-hydroxylation sites is 1. The zero-order valence-electron chi connectivity index (χ0n) is 12.5. The molecule has 8 nitrogen and oxygen atoms in total. The summed E-state index contributed by atoms with van der Waals surface area (Å²) >= 11 is 0. The largest absolute Gasteiger partial charge is 0.379 e. The molecule has 0 amide bonds. The van der Waals surface area contributed by atoms with E-state index in [-0.39, 0.29) is 11.4 Å². The van der Waals surface area contributed by atoms with E-state index >= 15 is 0 Å². The van der Waals surface area contributed by atoms with E-state index in [9.17, 15) is 18.5 Å². The van der Waals surface area contributed by atoms with Crippen LogP contribution in [0.1, 0.15) is 5.69 Å². The van der Waals surface area contributed by atoms with Crippen LogP contribution in [0.4, 0.5) is 5.69 Å². The highest BCUT2D eigenvalue weighted by atomic mass is 32.2. The molecular weight excluding hydrogens is 346 g/mol. The van der Waals surface area contributed by atoms with Gasteiger partial charge >= 0.3 is 10.1 Å². The number of nitro benzene ring substituents is 1. The van der Waals surface area contributed by atoms with Gasteiger partial charge in [-0.25, -0.2) is 4.98 Å². The van der Waals surface area contributed by atoms with Gasteiger partial charge in [-0.05, 0) is 36.4 Å². The number of hydrogen-bond donors (Lipinski definition) is 0. The zero-order chi connectivity index (χ0) is 18.0. The van der Waals surface area contributed by atoms with E-state index in [1.807, 2.05) is 6.07 Å². The van der Waals surface area contributed by atoms with Gasteiger partial charge in [0.1, 0.15) is 17.5 Å². The van der Waals surface area contributed by atoms with Gasteiger partial charge in [0.25, 0.3) is 5.69 Å². The minimum Gasteiger partial charge on any atom is -0.379 e. The van der Waals surface area contributed by atoms with Gasteiger partial charge in [0, 0.05) is 11.5 Å². The molecule has 3 aromatic rings. The molecular formula is C16H9N3O5S. The smallest absolute Gasteiger partial charge is 0.346 e. The molecule has 0 saturated carbocycles. The summed E-state index contributed by atoms with van der Waals surface area (Å²) in [6.45, 7) is 0. The van der Waals surface area contributed by atoms with Crippen molar-refractivity contribution in [3.05, 3.63) is 70.4 Å². The molecule has 3 rings (SSSR count). The van der Waals surface area contributed by atoms with E-state index in [0.717, 1.165) is 12.1 Å². The summed E-state index contributed by atoms with van der Waals surface area (Å²) in [5.41, 5.74) is 0.159. The molecule has 0 atom stereocenters. The first-order valence-electron chi connectivity index (χ1n) is 6.89. The van der Waals surface area contributed by atoms with Crippen LogP contribution in [0.3, 0.4) is 0 Å². The van der Waals surface area contributed by atoms with Crippen molar-refractivity contribution in [2.24, 2.45) is 0 Å². The molecule has 0 unspecified atom stereocenters. The molecule has 0 saturated heterocycles. The Morgan fingerprint density at radius 3 is 2.60 bits per heavy atom. The average Bonchev–Trinajstić information content (AvgIpc) is 2.61. The second kappa shape index (κ2) is 6.18. The van der Waals surface area contributed by atoms with Gasteiger partial charge in [0.05, 0.1) is 10.4 Å². The van der Waals surface area contributed by atoms with Gasteiger partial charge < -0.3 is 4.18 Å². The predicted octanol–water partition coefficient (Wildman–Crippen LogP) is 2.78. The number of aromatic nitrogens is 1. The predicted molar refractivity (Wildman–Crippen MR) is 87.4 cm³/mol. The number of pyridine rings is 1. The Bertz CT molecular complexity index is 1140. The Hall–Kier alpha value is -3.51. The van der Waals surface area contributed by atoms with E-state index < -0.39 is 25.6 Å². The molecule has 0 spiro atoms. The van der Waals surface area contributed by atoms with Crippen molar-refractivity contribution in [3.63, 3.8) is 0 Å². The molecule has 0 radical (unpaired) electrons. The maximum atomic E-state index is 12.4. The third-order valence-electron chi connectivity index (χ3n) is 3.31. The molecule has 1 aromatic heterocycles. The third-order valence-corrected chi connectivity index (χ3v) is 4.61. The van der Waals surface area contributed by atoms with Crippen LogP contribution in [0.25, 0.3) is 10.9 Å². The first-order valence-corrected chi connectivity index (χ1v) is 8.30. The Kier molecular flexibility index (Phi) is 4.04. The quantitative estimate of drug-likeness (QED) is 0.400. The van der Waals surface area contributed by atoms with Gasteiger partial charge in [0.15, 0.2) is 4.90 Å². The fourth-order valence-electron chi connectivity index (χ4n) is 2.21. The normalized spacial score (nSPS) is 11.0. The number of rotatable bonds is 4. The van der Waals surface area contributed by atoms with Crippen molar-refractivity contribution in [2.45, 2.75) is 4.90 Å². The fourth-order valence-corrected chi connectivity index (χ4v) is 3.30. The first kappa shape index (κ1) is 16.4. The fraction of sp³-hybridized carbons (Fsp3) is 0. The van der Waals surface area contributed by atoms with Crippen LogP contribution >= 0.6 is 0 Å². The molecule has 0 aliphatic heterocycles. The highest BCUT2D eigenvalue weighted by Gasteiger charge is 2.27. The van der Waals surface area contributed by atoms with Crippen molar-refractivity contribution in [2.75, 3.05) is 0 Å². The van der Waals surface area contributed by atoms with Crippen molar-refractivity contribution >= 4 is 26.7 Å². The van der Waals surface area contributed by atoms with Crippen molar-refractivity contribution < 1.29 is 17.5 Å². The molecule has 0 aliphatic rings. The molecule has 25 heavy (non-hydrogen) atoms. The number of hydrogen-bond acceptors (Lipinski definition) is 7. The number of nitriles is 1. The lowest BCUT2D eigenvalue weighted by Crippen LogP contribution is -2.11. The van der Waals surface area contributed by atoms with Gasteiger partial charge in [0.2, 0.25) is 0 Å². The number of fused-ring (bicyclic) bond motifs is 1. The second-order valence-corrected chi connectivity index (χ2v) is 6.44. The first-order chi connectivity index (χ1) is 11.9. The van der Waals surface area contributed by atoms with Crippen LogP contribution < -0.4 is 4.18 Å². The molecule has 2 aromatic carbocycles. The summed E-state index contributed by atoms with van der Waals surface area (Å²) in [6.07, 6.45) is 0. The van der Waals surface area contributed by atoms with Gasteiger partial charge in [-0.3, -0.25) is 10.1 Å². The Morgan fingerprint density at radius 2 is 1.88 bits per heavy atom. The Labute approximate surface area is 142 Å². The summed E-state index contributed by atoms with van der Waals surface area (Å²) in [6, 6.07) is 14.2. The summed E-state index contributed by atoms with van der Waals surface area (Å²) in [5.74, 6) is -0.0165. The van der Waals surface area contributed by atoms with Gasteiger partial charge in [-0.15, -0.1) is 0 Å². The van der Waals surface area contributed by atoms with Crippen molar-refractivity contribution in [3.8, 4) is 11.8 Å². The number of nitro groups is 1. The SMILES string of the molecule is N#Cc1ccc2cc(OS(=O)(=O)c3ccccc3[N+](=O)[O-])ccc2n1. The maximum absolute atomic E-state index is 12.4. The molecule has 0 fully saturated rings. The van der Waals surface area contributed by atoms with Gasteiger partial charge in [-0.1, -0.05) is 12.1 Å². The zero-order valence-corrected chi connectivity index (χ0v) is 13.3. The standard InChI is InChI=1S/C16H9N3O5S/c17-10-12-6-5-11-9-13(7-8-14(11)18-12)24-25(22,23)16-4-2-1-3-15(16)19(20)21/h1-9H. The van der Waals surface area contributed by atoms with Crippen molar-refractivity contribution in [1.82, 2.24) is 4.98 Å². The molecule has 0 N–H and O–H groups in total. The maximum Gasteiger partial charge on any atom is 0.346 e. The average molecular weight is 355 g/mol. The lowest BCUT2D eigenvalue weighted by atomic mass is 10.2. The van der Waals surface area contributed by atoms with Crippen LogP contribution in [0, 0.1) is 21.4 Å². The minimum absolute atomic E-state index is 0.0165. The Morgan fingerprint density at radius 1 is 1.12 bits per heavy atom. The topological polar surface area (TPSA) is 123 Å². The number of benzene rings is 2. The van der Waals surface area contributed by atoms with Crippen LogP contribution in [-0.4, -0.2) is 18.3 Å². The van der Waals surface area contributed by atoms with E-state index in [1.165, 1.54) is 36.4 Å². The van der Waals surface area contributed by atoms with E-state index in [4.69, 9.17) is 9.44 Å². The minimum atomic E-state index is -4.38. The van der Waals surface area contributed by atoms with Crippen LogP contribution in [0.2, 0.25) is 0 Å². The molecule has 1 heterocycles. The molecule has 124 valence electrons. The van der Waals surface area contributed by atoms with E-state index in [1.54, 1.807) is 6.07 Å². The van der Waals surface area contributed by atoms with E-state index in [2.05, 4.69) is 4.98 Å². The second-order valence-electron chi connectivity index (χ2n) is 4.93.